The van der Waals surface area contributed by atoms with E-state index in [1.165, 1.54) is 44.5 Å². The van der Waals surface area contributed by atoms with E-state index in [4.69, 9.17) is 0 Å². The third kappa shape index (κ3) is 3.54. The van der Waals surface area contributed by atoms with E-state index in [-0.39, 0.29) is 5.75 Å². The fraction of sp³-hybridized carbons (Fsp3) is 0.667. The number of piperidine rings is 1. The number of hydrogen-bond acceptors (Lipinski definition) is 3. The quantitative estimate of drug-likeness (QED) is 0.859. The molecule has 2 atom stereocenters. The van der Waals surface area contributed by atoms with E-state index >= 15 is 0 Å². The Hall–Kier alpha value is -1.27. The van der Waals surface area contributed by atoms with Crippen LogP contribution in [0.15, 0.2) is 24.3 Å². The van der Waals surface area contributed by atoms with E-state index < -0.39 is 6.36 Å². The van der Waals surface area contributed by atoms with Crippen molar-refractivity contribution in [3.63, 3.8) is 0 Å². The molecule has 3 nitrogen and oxygen atoms in total. The van der Waals surface area contributed by atoms with Gasteiger partial charge >= 0.3 is 6.36 Å². The van der Waals surface area contributed by atoms with E-state index in [2.05, 4.69) is 15.0 Å². The van der Waals surface area contributed by atoms with Crippen LogP contribution in [0, 0.1) is 17.8 Å². The van der Waals surface area contributed by atoms with Crippen molar-refractivity contribution < 1.29 is 17.9 Å². The SMILES string of the molecule is FC(F)(F)Oc1cccc(CNCC2C3CN(C4CCC4)CC23)c1. The molecule has 0 amide bonds. The van der Waals surface area contributed by atoms with E-state index in [9.17, 15) is 13.2 Å². The van der Waals surface area contributed by atoms with Crippen molar-refractivity contribution in [2.24, 2.45) is 17.8 Å². The first-order chi connectivity index (χ1) is 11.5. The summed E-state index contributed by atoms with van der Waals surface area (Å²) in [6.07, 6.45) is -0.500. The molecule has 24 heavy (non-hydrogen) atoms. The summed E-state index contributed by atoms with van der Waals surface area (Å²) in [7, 11) is 0. The maximum atomic E-state index is 12.2. The number of hydrogen-bond donors (Lipinski definition) is 1. The van der Waals surface area contributed by atoms with Gasteiger partial charge in [0.2, 0.25) is 0 Å². The summed E-state index contributed by atoms with van der Waals surface area (Å²) in [4.78, 5) is 2.66. The lowest BCUT2D eigenvalue weighted by molar-refractivity contribution is -0.274. The van der Waals surface area contributed by atoms with E-state index in [1.807, 2.05) is 6.07 Å². The summed E-state index contributed by atoms with van der Waals surface area (Å²) < 4.78 is 40.7. The standard InChI is InChI=1S/C18H23F3N2O/c19-18(20,21)24-14-6-1-3-12(7-14)8-22-9-15-16-10-23(11-17(15)16)13-4-2-5-13/h1,3,6-7,13,15-17,22H,2,4-5,8-11H2. The molecule has 1 aromatic carbocycles. The van der Waals surface area contributed by atoms with Gasteiger partial charge < -0.3 is 10.1 Å². The van der Waals surface area contributed by atoms with Crippen LogP contribution in [0.25, 0.3) is 0 Å². The van der Waals surface area contributed by atoms with Crippen molar-refractivity contribution in [2.75, 3.05) is 19.6 Å². The number of ether oxygens (including phenoxy) is 1. The van der Waals surface area contributed by atoms with Crippen LogP contribution in [0.4, 0.5) is 13.2 Å². The summed E-state index contributed by atoms with van der Waals surface area (Å²) in [5, 5.41) is 3.40. The van der Waals surface area contributed by atoms with Gasteiger partial charge in [0, 0.05) is 25.7 Å². The molecule has 0 bridgehead atoms. The van der Waals surface area contributed by atoms with Crippen LogP contribution in [-0.2, 0) is 6.54 Å². The summed E-state index contributed by atoms with van der Waals surface area (Å²) in [6.45, 7) is 4.03. The molecule has 2 unspecified atom stereocenters. The number of likely N-dealkylation sites (tertiary alicyclic amines) is 1. The first-order valence-electron chi connectivity index (χ1n) is 8.79. The fourth-order valence-corrected chi connectivity index (χ4v) is 4.27. The molecule has 3 fully saturated rings. The smallest absolute Gasteiger partial charge is 0.406 e. The van der Waals surface area contributed by atoms with Gasteiger partial charge in [-0.2, -0.15) is 0 Å². The Morgan fingerprint density at radius 3 is 2.54 bits per heavy atom. The Labute approximate surface area is 140 Å². The van der Waals surface area contributed by atoms with Crippen molar-refractivity contribution in [1.29, 1.82) is 0 Å². The number of fused-ring (bicyclic) bond motifs is 1. The maximum absolute atomic E-state index is 12.2. The average molecular weight is 340 g/mol. The number of nitrogens with zero attached hydrogens (tertiary/aromatic N) is 1. The van der Waals surface area contributed by atoms with Crippen molar-refractivity contribution in [2.45, 2.75) is 38.2 Å². The van der Waals surface area contributed by atoms with Crippen LogP contribution >= 0.6 is 0 Å². The van der Waals surface area contributed by atoms with Crippen LogP contribution in [-0.4, -0.2) is 36.9 Å². The zero-order chi connectivity index (χ0) is 16.7. The molecule has 0 radical (unpaired) electrons. The van der Waals surface area contributed by atoms with Crippen LogP contribution in [0.1, 0.15) is 24.8 Å². The lowest BCUT2D eigenvalue weighted by atomic mass is 9.91. The molecule has 2 saturated carbocycles. The highest BCUT2D eigenvalue weighted by Gasteiger charge is 2.56. The summed E-state index contributed by atoms with van der Waals surface area (Å²) in [5.41, 5.74) is 0.818. The van der Waals surface area contributed by atoms with Crippen molar-refractivity contribution in [3.05, 3.63) is 29.8 Å². The topological polar surface area (TPSA) is 24.5 Å². The molecule has 0 spiro atoms. The van der Waals surface area contributed by atoms with Crippen LogP contribution in [0.5, 0.6) is 5.75 Å². The van der Waals surface area contributed by atoms with Crippen molar-refractivity contribution >= 4 is 0 Å². The Morgan fingerprint density at radius 2 is 1.92 bits per heavy atom. The molecular formula is C18H23F3N2O. The van der Waals surface area contributed by atoms with Gasteiger partial charge in [0.25, 0.3) is 0 Å². The third-order valence-electron chi connectivity index (χ3n) is 5.83. The molecule has 2 aliphatic carbocycles. The Balaban J connectivity index is 1.20. The van der Waals surface area contributed by atoms with Crippen LogP contribution in [0.3, 0.4) is 0 Å². The minimum absolute atomic E-state index is 0.152. The summed E-state index contributed by atoms with van der Waals surface area (Å²) in [6, 6.07) is 7.05. The minimum Gasteiger partial charge on any atom is -0.406 e. The monoisotopic (exact) mass is 340 g/mol. The average Bonchev–Trinajstić information content (AvgIpc) is 2.88. The van der Waals surface area contributed by atoms with E-state index in [0.717, 1.165) is 35.9 Å². The van der Waals surface area contributed by atoms with Gasteiger partial charge in [-0.25, -0.2) is 0 Å². The van der Waals surface area contributed by atoms with E-state index in [0.29, 0.717) is 6.54 Å². The van der Waals surface area contributed by atoms with Gasteiger partial charge in [0.15, 0.2) is 0 Å². The predicted octanol–water partition coefficient (Wildman–Crippen LogP) is 3.41. The molecule has 1 aromatic rings. The Bertz CT molecular complexity index is 576. The predicted molar refractivity (Wildman–Crippen MR) is 84.5 cm³/mol. The molecule has 1 N–H and O–H groups in total. The number of rotatable bonds is 6. The highest BCUT2D eigenvalue weighted by atomic mass is 19.4. The lowest BCUT2D eigenvalue weighted by Gasteiger charge is -2.36. The molecular weight excluding hydrogens is 317 g/mol. The lowest BCUT2D eigenvalue weighted by Crippen LogP contribution is -2.40. The zero-order valence-electron chi connectivity index (χ0n) is 13.6. The van der Waals surface area contributed by atoms with Gasteiger partial charge in [-0.15, -0.1) is 13.2 Å². The largest absolute Gasteiger partial charge is 0.573 e. The highest BCUT2D eigenvalue weighted by Crippen LogP contribution is 2.52. The molecule has 132 valence electrons. The van der Waals surface area contributed by atoms with Gasteiger partial charge in [-0.05, 0) is 54.8 Å². The Kier molecular flexibility index (Phi) is 4.21. The Morgan fingerprint density at radius 1 is 1.17 bits per heavy atom. The molecule has 4 rings (SSSR count). The molecule has 6 heteroatoms. The summed E-state index contributed by atoms with van der Waals surface area (Å²) >= 11 is 0. The van der Waals surface area contributed by atoms with E-state index in [1.54, 1.807) is 6.07 Å². The van der Waals surface area contributed by atoms with Crippen molar-refractivity contribution in [3.8, 4) is 5.75 Å². The normalized spacial score (nSPS) is 30.0. The van der Waals surface area contributed by atoms with Crippen molar-refractivity contribution in [1.82, 2.24) is 10.2 Å². The number of nitrogens with one attached hydrogen (secondary N) is 1. The van der Waals surface area contributed by atoms with Gasteiger partial charge in [-0.3, -0.25) is 4.90 Å². The molecule has 1 aliphatic heterocycles. The molecule has 1 saturated heterocycles. The third-order valence-corrected chi connectivity index (χ3v) is 5.83. The first kappa shape index (κ1) is 16.2. The van der Waals surface area contributed by atoms with Gasteiger partial charge in [-0.1, -0.05) is 18.6 Å². The van der Waals surface area contributed by atoms with Gasteiger partial charge in [0.05, 0.1) is 0 Å². The highest BCUT2D eigenvalue weighted by molar-refractivity contribution is 5.28. The van der Waals surface area contributed by atoms with Crippen LogP contribution in [0.2, 0.25) is 0 Å². The summed E-state index contributed by atoms with van der Waals surface area (Å²) in [5.74, 6) is 2.26. The molecule has 1 heterocycles. The molecule has 0 aromatic heterocycles. The fourth-order valence-electron chi connectivity index (χ4n) is 4.27. The maximum Gasteiger partial charge on any atom is 0.573 e. The van der Waals surface area contributed by atoms with Gasteiger partial charge in [0.1, 0.15) is 5.75 Å². The second-order valence-corrected chi connectivity index (χ2v) is 7.36. The number of alkyl halides is 3. The molecule has 3 aliphatic rings. The number of benzene rings is 1. The first-order valence-corrected chi connectivity index (χ1v) is 8.79. The second-order valence-electron chi connectivity index (χ2n) is 7.36. The van der Waals surface area contributed by atoms with Crippen LogP contribution < -0.4 is 10.1 Å². The second kappa shape index (κ2) is 6.23. The zero-order valence-corrected chi connectivity index (χ0v) is 13.6. The minimum atomic E-state index is -4.64. The number of halogens is 3.